The zero-order chi connectivity index (χ0) is 38.0. The number of nitrogens with zero attached hydrogens (tertiary/aromatic N) is 3. The van der Waals surface area contributed by atoms with Crippen molar-refractivity contribution in [1.29, 1.82) is 0 Å². The summed E-state index contributed by atoms with van der Waals surface area (Å²) in [4.78, 5) is 33.0. The van der Waals surface area contributed by atoms with Gasteiger partial charge in [0.15, 0.2) is 0 Å². The van der Waals surface area contributed by atoms with E-state index in [-0.39, 0.29) is 0 Å². The number of carboxylic acid groups (broad SMARTS) is 1. The van der Waals surface area contributed by atoms with Crippen molar-refractivity contribution in [2.24, 2.45) is 0 Å². The maximum absolute atomic E-state index is 10.1. The van der Waals surface area contributed by atoms with Gasteiger partial charge in [0, 0.05) is 0 Å². The summed E-state index contributed by atoms with van der Waals surface area (Å²) in [6, 6.07) is 0. The summed E-state index contributed by atoms with van der Waals surface area (Å²) in [6.45, 7) is 10.2. The van der Waals surface area contributed by atoms with Crippen molar-refractivity contribution in [2.75, 3.05) is 74.8 Å². The zero-order valence-corrected chi connectivity index (χ0v) is 35.3. The summed E-state index contributed by atoms with van der Waals surface area (Å²) in [7, 11) is 8.83. The first kappa shape index (κ1) is 55.2. The predicted octanol–water partition coefficient (Wildman–Crippen LogP) is 9.86. The molecule has 0 aromatic rings. The monoisotopic (exact) mass is 725 g/mol. The molecule has 0 saturated carbocycles. The molecule has 0 radical (unpaired) electrons. The highest BCUT2D eigenvalue weighted by Crippen LogP contribution is 2.31. The molecule has 300 valence electrons. The number of nitrogens with one attached hydrogen (secondary N) is 1. The smallest absolute Gasteiger partial charge is 0.339 e. The first-order valence-corrected chi connectivity index (χ1v) is 21.9. The first-order valence-electron chi connectivity index (χ1n) is 20.1. The molecule has 0 unspecified atom stereocenters. The number of aliphatic carboxylic acids is 1. The number of rotatable bonds is 31. The second-order valence-electron chi connectivity index (χ2n) is 14.5. The molecule has 4 N–H and O–H groups in total. The summed E-state index contributed by atoms with van der Waals surface area (Å²) in [6.07, 6.45) is 33.6. The summed E-state index contributed by atoms with van der Waals surface area (Å²) >= 11 is 0. The summed E-state index contributed by atoms with van der Waals surface area (Å²) in [5, 5.41) is 10.1. The van der Waals surface area contributed by atoms with E-state index in [2.05, 4.69) is 83.1 Å². The Balaban J connectivity index is -0.000000277. The van der Waals surface area contributed by atoms with Crippen LogP contribution in [0.25, 0.3) is 0 Å². The Morgan fingerprint density at radius 2 is 0.694 bits per heavy atom. The van der Waals surface area contributed by atoms with Gasteiger partial charge < -0.3 is 29.6 Å². The van der Waals surface area contributed by atoms with E-state index >= 15 is 0 Å². The molecule has 0 spiro atoms. The molecule has 0 aliphatic heterocycles. The molecular weight excluding hydrogens is 635 g/mol. The predicted molar refractivity (Wildman–Crippen MR) is 216 cm³/mol. The van der Waals surface area contributed by atoms with Crippen molar-refractivity contribution in [3.05, 3.63) is 0 Å². The van der Waals surface area contributed by atoms with Crippen LogP contribution >= 0.6 is 7.60 Å². The second-order valence-corrected chi connectivity index (χ2v) is 16.1. The van der Waals surface area contributed by atoms with Gasteiger partial charge in [0.2, 0.25) is 0 Å². The molecule has 0 aliphatic rings. The van der Waals surface area contributed by atoms with E-state index in [4.69, 9.17) is 14.9 Å². The van der Waals surface area contributed by atoms with Crippen LogP contribution in [0.2, 0.25) is 0 Å². The van der Waals surface area contributed by atoms with E-state index in [9.17, 15) is 9.36 Å². The lowest BCUT2D eigenvalue weighted by atomic mass is 10.1. The minimum absolute atomic E-state index is 0.439. The molecule has 0 fully saturated rings. The molecule has 0 bridgehead atoms. The molecule has 0 aromatic carbocycles. The number of carbonyl (C=O) groups is 1. The van der Waals surface area contributed by atoms with Crippen molar-refractivity contribution in [3.63, 3.8) is 0 Å². The summed E-state index contributed by atoms with van der Waals surface area (Å²) in [5.41, 5.74) is 0. The third kappa shape index (κ3) is 73.8. The third-order valence-corrected chi connectivity index (χ3v) is 8.61. The normalized spacial score (nSPS) is 11.1. The summed E-state index contributed by atoms with van der Waals surface area (Å²) in [5.74, 6) is -1.14. The van der Waals surface area contributed by atoms with Crippen molar-refractivity contribution < 1.29 is 24.3 Å². The van der Waals surface area contributed by atoms with Gasteiger partial charge in [-0.1, -0.05) is 156 Å². The van der Waals surface area contributed by atoms with Crippen LogP contribution in [0.4, 0.5) is 0 Å². The van der Waals surface area contributed by atoms with Gasteiger partial charge in [0.05, 0.1) is 12.8 Å². The molecule has 49 heavy (non-hydrogen) atoms. The number of carboxylic acids is 1. The number of hydrogen-bond donors (Lipinski definition) is 4. The van der Waals surface area contributed by atoms with Gasteiger partial charge in [-0.15, -0.1) is 0 Å². The molecule has 0 aromatic heterocycles. The Morgan fingerprint density at radius 1 is 0.469 bits per heavy atom. The molecule has 10 heteroatoms. The first-order chi connectivity index (χ1) is 23.2. The number of unbranched alkanes of at least 4 members (excludes halogenated alkanes) is 21. The Labute approximate surface area is 306 Å². The third-order valence-electron chi connectivity index (χ3n) is 7.97. The van der Waals surface area contributed by atoms with Gasteiger partial charge in [0.1, 0.15) is 0 Å². The minimum Gasteiger partial charge on any atom is -0.480 e. The van der Waals surface area contributed by atoms with Gasteiger partial charge in [0.25, 0.3) is 0 Å². The molecule has 9 nitrogen and oxygen atoms in total. The van der Waals surface area contributed by atoms with Crippen LogP contribution in [-0.2, 0) is 9.36 Å². The molecule has 0 saturated heterocycles. The Kier molecular flexibility index (Phi) is 51.3. The van der Waals surface area contributed by atoms with Crippen LogP contribution in [0.5, 0.6) is 0 Å². The summed E-state index contributed by atoms with van der Waals surface area (Å²) < 4.78 is 10.1. The largest absolute Gasteiger partial charge is 0.480 e. The zero-order valence-electron chi connectivity index (χ0n) is 34.5. The highest BCUT2D eigenvalue weighted by atomic mass is 31.2. The molecule has 0 amide bonds. The van der Waals surface area contributed by atoms with E-state index in [1.165, 1.54) is 174 Å². The van der Waals surface area contributed by atoms with E-state index in [0.717, 1.165) is 0 Å². The van der Waals surface area contributed by atoms with Crippen LogP contribution in [-0.4, -0.2) is 110 Å². The quantitative estimate of drug-likeness (QED) is 0.0410. The second kappa shape index (κ2) is 45.5. The van der Waals surface area contributed by atoms with Crippen molar-refractivity contribution in [3.8, 4) is 0 Å². The minimum atomic E-state index is -4.10. The van der Waals surface area contributed by atoms with Gasteiger partial charge in [-0.25, -0.2) is 0 Å². The van der Waals surface area contributed by atoms with Gasteiger partial charge in [-0.05, 0) is 81.2 Å². The van der Waals surface area contributed by atoms with Crippen LogP contribution in [0.15, 0.2) is 0 Å². The fourth-order valence-electron chi connectivity index (χ4n) is 4.99. The average molecular weight is 725 g/mol. The molecule has 0 rings (SSSR count). The highest BCUT2D eigenvalue weighted by molar-refractivity contribution is 7.51. The standard InChI is InChI=1S/3C12H27N.C3H8NO5P/c3*1-4-5-6-7-8-9-10-11-12-13(2)3;5-3(6)1-4-2-10(7,8)9/h3*4-12H2,1-3H3;4H,1-2H2,(H,5,6)(H2,7,8,9). The molecular formula is C39H89N4O5P. The Hall–Kier alpha value is -0.540. The molecule has 0 heterocycles. The van der Waals surface area contributed by atoms with Crippen LogP contribution in [0.3, 0.4) is 0 Å². The lowest BCUT2D eigenvalue weighted by Crippen LogP contribution is -2.23. The topological polar surface area (TPSA) is 117 Å². The van der Waals surface area contributed by atoms with Crippen molar-refractivity contribution >= 4 is 13.6 Å². The van der Waals surface area contributed by atoms with Gasteiger partial charge >= 0.3 is 13.6 Å². The lowest BCUT2D eigenvalue weighted by Gasteiger charge is -2.08. The van der Waals surface area contributed by atoms with E-state index in [0.29, 0.717) is 0 Å². The lowest BCUT2D eigenvalue weighted by molar-refractivity contribution is -0.135. The molecule has 0 aliphatic carbocycles. The van der Waals surface area contributed by atoms with Crippen molar-refractivity contribution in [2.45, 2.75) is 175 Å². The fraction of sp³-hybridized carbons (Fsp3) is 0.974. The van der Waals surface area contributed by atoms with Gasteiger partial charge in [-0.2, -0.15) is 0 Å². The van der Waals surface area contributed by atoms with Crippen LogP contribution < -0.4 is 5.32 Å². The maximum Gasteiger partial charge on any atom is 0.339 e. The van der Waals surface area contributed by atoms with Gasteiger partial charge in [-0.3, -0.25) is 14.7 Å². The van der Waals surface area contributed by atoms with E-state index < -0.39 is 26.4 Å². The maximum atomic E-state index is 10.1. The SMILES string of the molecule is CCCCCCCCCCN(C)C.CCCCCCCCCCN(C)C.CCCCCCCCCCN(C)C.O=C(O)CNCP(=O)(O)O. The fourth-order valence-corrected chi connectivity index (χ4v) is 5.40. The molecule has 0 atom stereocenters. The average Bonchev–Trinajstić information content (AvgIpc) is 3.01. The Morgan fingerprint density at radius 3 is 0.878 bits per heavy atom. The van der Waals surface area contributed by atoms with Crippen molar-refractivity contribution in [1.82, 2.24) is 20.0 Å². The number of hydrogen-bond acceptors (Lipinski definition) is 6. The Bertz CT molecular complexity index is 606. The highest BCUT2D eigenvalue weighted by Gasteiger charge is 2.11. The van der Waals surface area contributed by atoms with E-state index in [1.54, 1.807) is 0 Å². The van der Waals surface area contributed by atoms with Crippen LogP contribution in [0.1, 0.15) is 175 Å². The van der Waals surface area contributed by atoms with E-state index in [1.807, 2.05) is 0 Å². The van der Waals surface area contributed by atoms with Crippen LogP contribution in [0, 0.1) is 0 Å².